The highest BCUT2D eigenvalue weighted by molar-refractivity contribution is 9.10. The molecule has 0 radical (unpaired) electrons. The van der Waals surface area contributed by atoms with Crippen LogP contribution in [0, 0.1) is 0 Å². The van der Waals surface area contributed by atoms with Crippen LogP contribution in [-0.2, 0) is 6.54 Å². The van der Waals surface area contributed by atoms with E-state index in [1.54, 1.807) is 30.3 Å². The summed E-state index contributed by atoms with van der Waals surface area (Å²) in [5.74, 6) is 0. The van der Waals surface area contributed by atoms with Crippen molar-refractivity contribution in [3.8, 4) is 0 Å². The molecule has 1 rings (SSSR count). The summed E-state index contributed by atoms with van der Waals surface area (Å²) in [6.07, 6.45) is 0. The van der Waals surface area contributed by atoms with Gasteiger partial charge in [-0.25, -0.2) is 4.79 Å². The highest BCUT2D eigenvalue weighted by Crippen LogP contribution is 2.23. The number of urea groups is 1. The van der Waals surface area contributed by atoms with E-state index in [1.807, 2.05) is 11.4 Å². The fraction of sp³-hybridized carbons (Fsp3) is 0.375. The van der Waals surface area contributed by atoms with Crippen LogP contribution in [0.25, 0.3) is 0 Å². The molecule has 0 atom stereocenters. The Kier molecular flexibility index (Phi) is 3.74. The third-order valence-corrected chi connectivity index (χ3v) is 3.54. The first-order valence-electron chi connectivity index (χ1n) is 3.80. The highest BCUT2D eigenvalue weighted by Gasteiger charge is 2.09. The summed E-state index contributed by atoms with van der Waals surface area (Å²) in [4.78, 5) is 13.9. The lowest BCUT2D eigenvalue weighted by Crippen LogP contribution is -2.34. The van der Waals surface area contributed by atoms with E-state index in [0.717, 1.165) is 9.35 Å². The Bertz CT molecular complexity index is 300. The van der Waals surface area contributed by atoms with Crippen molar-refractivity contribution in [1.29, 1.82) is 0 Å². The molecule has 1 aromatic heterocycles. The van der Waals surface area contributed by atoms with E-state index < -0.39 is 0 Å². The molecular formula is C8H11BrN2OS. The van der Waals surface area contributed by atoms with Crippen LogP contribution in [-0.4, -0.2) is 25.0 Å². The number of carbonyl (C=O) groups excluding carboxylic acids is 1. The van der Waals surface area contributed by atoms with Gasteiger partial charge in [0, 0.05) is 23.4 Å². The van der Waals surface area contributed by atoms with Crippen LogP contribution >= 0.6 is 27.3 Å². The first-order valence-corrected chi connectivity index (χ1v) is 5.47. The third-order valence-electron chi connectivity index (χ3n) is 1.63. The van der Waals surface area contributed by atoms with Gasteiger partial charge in [0.15, 0.2) is 0 Å². The highest BCUT2D eigenvalue weighted by atomic mass is 79.9. The van der Waals surface area contributed by atoms with E-state index in [0.29, 0.717) is 6.54 Å². The Morgan fingerprint density at radius 3 is 2.92 bits per heavy atom. The topological polar surface area (TPSA) is 32.3 Å². The van der Waals surface area contributed by atoms with Crippen molar-refractivity contribution in [2.45, 2.75) is 6.54 Å². The van der Waals surface area contributed by atoms with Gasteiger partial charge in [-0.15, -0.1) is 11.3 Å². The lowest BCUT2D eigenvalue weighted by molar-refractivity contribution is 0.209. The number of hydrogen-bond acceptors (Lipinski definition) is 2. The van der Waals surface area contributed by atoms with Gasteiger partial charge in [-0.05, 0) is 27.4 Å². The van der Waals surface area contributed by atoms with Crippen LogP contribution in [0.3, 0.4) is 0 Å². The zero-order valence-electron chi connectivity index (χ0n) is 7.50. The molecule has 0 aliphatic rings. The van der Waals surface area contributed by atoms with Crippen molar-refractivity contribution in [2.75, 3.05) is 14.1 Å². The predicted molar refractivity (Wildman–Crippen MR) is 57.9 cm³/mol. The molecular weight excluding hydrogens is 252 g/mol. The Morgan fingerprint density at radius 1 is 1.77 bits per heavy atom. The maximum atomic E-state index is 11.2. The van der Waals surface area contributed by atoms with Gasteiger partial charge in [-0.3, -0.25) is 0 Å². The maximum absolute atomic E-state index is 11.2. The normalized spacial score (nSPS) is 9.77. The average Bonchev–Trinajstić information content (AvgIpc) is 2.50. The largest absolute Gasteiger partial charge is 0.341 e. The lowest BCUT2D eigenvalue weighted by Gasteiger charge is -2.15. The van der Waals surface area contributed by atoms with Crippen LogP contribution in [0.5, 0.6) is 0 Å². The maximum Gasteiger partial charge on any atom is 0.317 e. The number of amides is 2. The Balaban J connectivity index is 2.59. The lowest BCUT2D eigenvalue weighted by atomic mass is 10.4. The molecule has 0 bridgehead atoms. The molecule has 0 aliphatic heterocycles. The van der Waals surface area contributed by atoms with Crippen LogP contribution in [0.4, 0.5) is 4.79 Å². The Hall–Kier alpha value is -0.550. The number of nitrogens with one attached hydrogen (secondary N) is 1. The van der Waals surface area contributed by atoms with E-state index in [9.17, 15) is 4.79 Å². The fourth-order valence-corrected chi connectivity index (χ4v) is 2.45. The zero-order valence-corrected chi connectivity index (χ0v) is 9.91. The number of thiophene rings is 1. The quantitative estimate of drug-likeness (QED) is 0.872. The van der Waals surface area contributed by atoms with Crippen molar-refractivity contribution < 1.29 is 4.79 Å². The predicted octanol–water partition coefficient (Wildman–Crippen LogP) is 2.28. The van der Waals surface area contributed by atoms with Gasteiger partial charge in [0.2, 0.25) is 0 Å². The third kappa shape index (κ3) is 2.70. The molecule has 3 nitrogen and oxygen atoms in total. The van der Waals surface area contributed by atoms with Gasteiger partial charge in [-0.2, -0.15) is 0 Å². The minimum atomic E-state index is -0.0692. The number of carbonyl (C=O) groups is 1. The van der Waals surface area contributed by atoms with E-state index in [-0.39, 0.29) is 6.03 Å². The Morgan fingerprint density at radius 2 is 2.46 bits per heavy atom. The average molecular weight is 263 g/mol. The Labute approximate surface area is 89.9 Å². The number of hydrogen-bond donors (Lipinski definition) is 1. The van der Waals surface area contributed by atoms with E-state index >= 15 is 0 Å². The summed E-state index contributed by atoms with van der Waals surface area (Å²) in [5.41, 5.74) is 0. The second-order valence-corrected chi connectivity index (χ2v) is 4.46. The molecule has 0 unspecified atom stereocenters. The minimum absolute atomic E-state index is 0.0692. The fourth-order valence-electron chi connectivity index (χ4n) is 0.916. The number of nitrogens with zero attached hydrogens (tertiary/aromatic N) is 1. The summed E-state index contributed by atoms with van der Waals surface area (Å²) in [7, 11) is 3.40. The summed E-state index contributed by atoms with van der Waals surface area (Å²) in [6.45, 7) is 0.637. The SMILES string of the molecule is CNC(=O)N(C)Cc1sccc1Br. The summed E-state index contributed by atoms with van der Waals surface area (Å²) in [6, 6.07) is 1.91. The van der Waals surface area contributed by atoms with E-state index in [4.69, 9.17) is 0 Å². The van der Waals surface area contributed by atoms with Crippen molar-refractivity contribution in [3.05, 3.63) is 20.8 Å². The number of halogens is 1. The van der Waals surface area contributed by atoms with Gasteiger partial charge < -0.3 is 10.2 Å². The van der Waals surface area contributed by atoms with Crippen molar-refractivity contribution in [3.63, 3.8) is 0 Å². The molecule has 2 amide bonds. The van der Waals surface area contributed by atoms with Crippen LogP contribution in [0.15, 0.2) is 15.9 Å². The minimum Gasteiger partial charge on any atom is -0.341 e. The monoisotopic (exact) mass is 262 g/mol. The second kappa shape index (κ2) is 4.62. The molecule has 0 aliphatic carbocycles. The molecule has 13 heavy (non-hydrogen) atoms. The van der Waals surface area contributed by atoms with Gasteiger partial charge >= 0.3 is 6.03 Å². The van der Waals surface area contributed by atoms with E-state index in [2.05, 4.69) is 21.2 Å². The second-order valence-electron chi connectivity index (χ2n) is 2.60. The van der Waals surface area contributed by atoms with Gasteiger partial charge in [-0.1, -0.05) is 0 Å². The molecule has 0 spiro atoms. The molecule has 0 aromatic carbocycles. The van der Waals surface area contributed by atoms with Crippen LogP contribution in [0.1, 0.15) is 4.88 Å². The number of rotatable bonds is 2. The van der Waals surface area contributed by atoms with Crippen molar-refractivity contribution in [1.82, 2.24) is 10.2 Å². The first-order chi connectivity index (χ1) is 6.15. The summed E-state index contributed by atoms with van der Waals surface area (Å²) >= 11 is 5.06. The van der Waals surface area contributed by atoms with E-state index in [1.165, 1.54) is 0 Å². The molecule has 0 saturated carbocycles. The van der Waals surface area contributed by atoms with Gasteiger partial charge in [0.05, 0.1) is 6.54 Å². The standard InChI is InChI=1S/C8H11BrN2OS/c1-10-8(12)11(2)5-7-6(9)3-4-13-7/h3-4H,5H2,1-2H3,(H,10,12). The molecule has 5 heteroatoms. The molecule has 0 saturated heterocycles. The van der Waals surface area contributed by atoms with Crippen LogP contribution < -0.4 is 5.32 Å². The zero-order chi connectivity index (χ0) is 9.84. The molecule has 0 fully saturated rings. The molecule has 1 heterocycles. The molecule has 1 aromatic rings. The van der Waals surface area contributed by atoms with Gasteiger partial charge in [0.25, 0.3) is 0 Å². The summed E-state index contributed by atoms with van der Waals surface area (Å²) in [5, 5.41) is 4.57. The van der Waals surface area contributed by atoms with Crippen molar-refractivity contribution in [2.24, 2.45) is 0 Å². The molecule has 1 N–H and O–H groups in total. The molecule has 72 valence electrons. The smallest absolute Gasteiger partial charge is 0.317 e. The van der Waals surface area contributed by atoms with Crippen molar-refractivity contribution >= 4 is 33.3 Å². The summed E-state index contributed by atoms with van der Waals surface area (Å²) < 4.78 is 1.06. The van der Waals surface area contributed by atoms with Gasteiger partial charge in [0.1, 0.15) is 0 Å². The van der Waals surface area contributed by atoms with Crippen LogP contribution in [0.2, 0.25) is 0 Å². The first kappa shape index (κ1) is 10.5.